The first-order valence-electron chi connectivity index (χ1n) is 15.3. The highest BCUT2D eigenvalue weighted by atomic mass is 16.3. The number of urea groups is 1. The summed E-state index contributed by atoms with van der Waals surface area (Å²) in [6.07, 6.45) is 10.8. The first-order chi connectivity index (χ1) is 20.2. The van der Waals surface area contributed by atoms with Crippen LogP contribution in [0.1, 0.15) is 74.3 Å². The zero-order valence-corrected chi connectivity index (χ0v) is 25.2. The van der Waals surface area contributed by atoms with Gasteiger partial charge in [-0.2, -0.15) is 0 Å². The Morgan fingerprint density at radius 2 is 1.76 bits per heavy atom. The van der Waals surface area contributed by atoms with Crippen LogP contribution in [0.4, 0.5) is 22.1 Å². The van der Waals surface area contributed by atoms with Crippen molar-refractivity contribution in [3.63, 3.8) is 0 Å². The molecule has 42 heavy (non-hydrogen) atoms. The molecule has 0 radical (unpaired) electrons. The highest BCUT2D eigenvalue weighted by Crippen LogP contribution is 2.38. The molecule has 11 nitrogen and oxygen atoms in total. The topological polar surface area (TPSA) is 140 Å². The van der Waals surface area contributed by atoms with E-state index in [9.17, 15) is 14.7 Å². The summed E-state index contributed by atoms with van der Waals surface area (Å²) >= 11 is 0. The molecular weight excluding hydrogens is 532 g/mol. The van der Waals surface area contributed by atoms with Crippen molar-refractivity contribution in [3.05, 3.63) is 41.7 Å². The van der Waals surface area contributed by atoms with Crippen LogP contribution in [-0.2, 0) is 5.41 Å². The van der Waals surface area contributed by atoms with Crippen molar-refractivity contribution < 1.29 is 14.7 Å². The van der Waals surface area contributed by atoms with Gasteiger partial charge in [-0.15, -0.1) is 0 Å². The monoisotopic (exact) mass is 578 g/mol. The van der Waals surface area contributed by atoms with Crippen LogP contribution in [0.3, 0.4) is 0 Å². The quantitative estimate of drug-likeness (QED) is 0.374. The molecule has 2 aliphatic heterocycles. The number of nitrogens with two attached hydrogens (primary N) is 1. The zero-order chi connectivity index (χ0) is 29.9. The van der Waals surface area contributed by atoms with Crippen LogP contribution >= 0.6 is 0 Å². The number of carbonyl (C=O) groups is 2. The number of rotatable bonds is 8. The first-order valence-corrected chi connectivity index (χ1v) is 15.3. The molecule has 3 amide bonds. The summed E-state index contributed by atoms with van der Waals surface area (Å²) in [4.78, 5) is 39.8. The Bertz CT molecular complexity index is 1240. The van der Waals surface area contributed by atoms with Gasteiger partial charge in [0.2, 0.25) is 0 Å². The van der Waals surface area contributed by atoms with E-state index in [4.69, 9.17) is 10.7 Å². The molecule has 2 aromatic rings. The number of carbonyl (C=O) groups excluding carboxylic acids is 2. The Hall–Kier alpha value is -3.44. The fourth-order valence-corrected chi connectivity index (χ4v) is 6.84. The summed E-state index contributed by atoms with van der Waals surface area (Å²) < 4.78 is 0. The molecule has 3 aliphatic rings. The summed E-state index contributed by atoms with van der Waals surface area (Å²) in [6.45, 7) is 5.13. The number of hydrogen-bond acceptors (Lipinski definition) is 8. The van der Waals surface area contributed by atoms with Crippen molar-refractivity contribution in [3.8, 4) is 0 Å². The molecule has 11 heteroatoms. The zero-order valence-electron chi connectivity index (χ0n) is 25.2. The lowest BCUT2D eigenvalue weighted by atomic mass is 9.74. The molecule has 3 heterocycles. The third kappa shape index (κ3) is 6.47. The largest absolute Gasteiger partial charge is 0.394 e. The number of benzene rings is 1. The number of nitrogens with one attached hydrogen (secondary N) is 2. The third-order valence-electron chi connectivity index (χ3n) is 9.56. The number of aliphatic hydroxyl groups excluding tert-OH is 1. The van der Waals surface area contributed by atoms with Gasteiger partial charge in [-0.1, -0.05) is 31.9 Å². The average Bonchev–Trinajstić information content (AvgIpc) is 3.53. The number of primary amides is 1. The molecule has 2 saturated heterocycles. The van der Waals surface area contributed by atoms with E-state index in [2.05, 4.69) is 39.6 Å². The first kappa shape index (κ1) is 30.0. The lowest BCUT2D eigenvalue weighted by Crippen LogP contribution is -2.58. The van der Waals surface area contributed by atoms with E-state index >= 15 is 0 Å². The smallest absolute Gasteiger partial charge is 0.317 e. The third-order valence-corrected chi connectivity index (χ3v) is 9.56. The van der Waals surface area contributed by atoms with Crippen molar-refractivity contribution >= 4 is 29.3 Å². The predicted molar refractivity (Wildman–Crippen MR) is 164 cm³/mol. The Kier molecular flexibility index (Phi) is 9.17. The van der Waals surface area contributed by atoms with E-state index in [0.717, 1.165) is 50.5 Å². The Morgan fingerprint density at radius 1 is 1.07 bits per heavy atom. The number of aromatic nitrogens is 2. The van der Waals surface area contributed by atoms with Gasteiger partial charge in [-0.05, 0) is 74.7 Å². The molecule has 0 bridgehead atoms. The molecule has 228 valence electrons. The SMILES string of the molecule is CN(C)C(=O)N[C@@H]1CCCN(c2cnc(C(N)=O)c(Nc3ccc(C4(C)CCN(C5CCCC5)CC4)cc3)n2)[C@@H]1CO. The van der Waals surface area contributed by atoms with Crippen LogP contribution in [-0.4, -0.2) is 95.3 Å². The average molecular weight is 579 g/mol. The van der Waals surface area contributed by atoms with Gasteiger partial charge >= 0.3 is 6.03 Å². The van der Waals surface area contributed by atoms with Gasteiger partial charge in [-0.25, -0.2) is 14.8 Å². The molecule has 0 unspecified atom stereocenters. The van der Waals surface area contributed by atoms with Crippen LogP contribution in [0, 0.1) is 0 Å². The van der Waals surface area contributed by atoms with E-state index in [-0.39, 0.29) is 41.6 Å². The van der Waals surface area contributed by atoms with Crippen LogP contribution in [0.25, 0.3) is 0 Å². The van der Waals surface area contributed by atoms with Gasteiger partial charge in [0.1, 0.15) is 5.82 Å². The second kappa shape index (κ2) is 12.8. The second-order valence-corrected chi connectivity index (χ2v) is 12.6. The van der Waals surface area contributed by atoms with E-state index in [0.29, 0.717) is 12.4 Å². The van der Waals surface area contributed by atoms with Crippen molar-refractivity contribution in [2.24, 2.45) is 5.73 Å². The van der Waals surface area contributed by atoms with Crippen LogP contribution in [0.5, 0.6) is 0 Å². The number of likely N-dealkylation sites (tertiary alicyclic amines) is 1. The maximum atomic E-state index is 12.3. The van der Waals surface area contributed by atoms with Gasteiger partial charge in [-0.3, -0.25) is 4.79 Å². The fourth-order valence-electron chi connectivity index (χ4n) is 6.84. The molecule has 1 aromatic carbocycles. The number of nitrogens with zero attached hydrogens (tertiary/aromatic N) is 5. The molecule has 5 rings (SSSR count). The highest BCUT2D eigenvalue weighted by molar-refractivity contribution is 5.96. The van der Waals surface area contributed by atoms with Crippen molar-refractivity contribution in [1.82, 2.24) is 25.1 Å². The minimum Gasteiger partial charge on any atom is -0.394 e. The molecule has 3 fully saturated rings. The van der Waals surface area contributed by atoms with Crippen molar-refractivity contribution in [1.29, 1.82) is 0 Å². The summed E-state index contributed by atoms with van der Waals surface area (Å²) in [7, 11) is 3.37. The number of hydrogen-bond donors (Lipinski definition) is 4. The van der Waals surface area contributed by atoms with Crippen molar-refractivity contribution in [2.75, 3.05) is 50.6 Å². The van der Waals surface area contributed by atoms with Crippen LogP contribution in [0.2, 0.25) is 0 Å². The van der Waals surface area contributed by atoms with Gasteiger partial charge < -0.3 is 36.2 Å². The van der Waals surface area contributed by atoms with Gasteiger partial charge in [0, 0.05) is 32.4 Å². The minimum atomic E-state index is -0.678. The standard InChI is InChI=1S/C31H46N8O3/c1-31(14-17-38(18-15-31)23-7-4-5-8-23)21-10-12-22(13-11-21)34-29-27(28(32)41)33-19-26(36-29)39-16-6-9-24(25(39)20-40)35-30(42)37(2)3/h10-13,19,23-25,40H,4-9,14-18,20H2,1-3H3,(H2,32,41)(H,34,36)(H,35,42)/t24-,25-/m1/s1. The lowest BCUT2D eigenvalue weighted by Gasteiger charge is -2.42. The van der Waals surface area contributed by atoms with Gasteiger partial charge in [0.05, 0.1) is 24.9 Å². The molecule has 1 aromatic heterocycles. The van der Waals surface area contributed by atoms with E-state index in [1.807, 2.05) is 17.0 Å². The maximum absolute atomic E-state index is 12.3. The molecule has 1 aliphatic carbocycles. The number of aliphatic hydroxyl groups is 1. The molecule has 2 atom stereocenters. The van der Waals surface area contributed by atoms with Crippen LogP contribution in [0.15, 0.2) is 30.5 Å². The highest BCUT2D eigenvalue weighted by Gasteiger charge is 2.36. The fraction of sp³-hybridized carbons (Fsp3) is 0.613. The number of anilines is 3. The normalized spacial score (nSPS) is 23.0. The Balaban J connectivity index is 1.31. The lowest BCUT2D eigenvalue weighted by molar-refractivity contribution is 0.0996. The number of piperidine rings is 2. The molecule has 1 saturated carbocycles. The van der Waals surface area contributed by atoms with E-state index in [1.54, 1.807) is 14.1 Å². The van der Waals surface area contributed by atoms with E-state index in [1.165, 1.54) is 42.3 Å². The minimum absolute atomic E-state index is 0.0455. The molecule has 0 spiro atoms. The predicted octanol–water partition coefficient (Wildman–Crippen LogP) is 3.22. The summed E-state index contributed by atoms with van der Waals surface area (Å²) in [5.74, 6) is 0.0895. The number of amides is 3. The van der Waals surface area contributed by atoms with Crippen molar-refractivity contribution in [2.45, 2.75) is 81.8 Å². The second-order valence-electron chi connectivity index (χ2n) is 12.6. The van der Waals surface area contributed by atoms with E-state index < -0.39 is 5.91 Å². The summed E-state index contributed by atoms with van der Waals surface area (Å²) in [5.41, 5.74) is 7.95. The summed E-state index contributed by atoms with van der Waals surface area (Å²) in [5, 5.41) is 16.5. The maximum Gasteiger partial charge on any atom is 0.317 e. The molecule has 5 N–H and O–H groups in total. The van der Waals surface area contributed by atoms with Crippen LogP contribution < -0.4 is 21.3 Å². The van der Waals surface area contributed by atoms with Gasteiger partial charge in [0.15, 0.2) is 11.5 Å². The van der Waals surface area contributed by atoms with Gasteiger partial charge in [0.25, 0.3) is 5.91 Å². The molecular formula is C31H46N8O3. The Morgan fingerprint density at radius 3 is 2.38 bits per heavy atom. The Labute approximate surface area is 248 Å². The summed E-state index contributed by atoms with van der Waals surface area (Å²) in [6, 6.07) is 8.29.